The van der Waals surface area contributed by atoms with Crippen molar-refractivity contribution in [3.8, 4) is 6.07 Å². The van der Waals surface area contributed by atoms with Gasteiger partial charge in [0.1, 0.15) is 5.54 Å². The first-order valence-corrected chi connectivity index (χ1v) is 8.23. The second-order valence-corrected chi connectivity index (χ2v) is 7.56. The van der Waals surface area contributed by atoms with Gasteiger partial charge in [0.15, 0.2) is 0 Å². The molecule has 0 saturated carbocycles. The van der Waals surface area contributed by atoms with Crippen molar-refractivity contribution in [1.82, 2.24) is 4.90 Å². The van der Waals surface area contributed by atoms with Crippen LogP contribution in [0.2, 0.25) is 0 Å². The van der Waals surface area contributed by atoms with E-state index in [0.717, 1.165) is 31.7 Å². The highest BCUT2D eigenvalue weighted by Gasteiger charge is 2.27. The summed E-state index contributed by atoms with van der Waals surface area (Å²) in [6.45, 7) is 12.6. The summed E-state index contributed by atoms with van der Waals surface area (Å²) < 4.78 is 0. The monoisotopic (exact) mass is 279 g/mol. The Morgan fingerprint density at radius 1 is 1.25 bits per heavy atom. The fourth-order valence-electron chi connectivity index (χ4n) is 3.18. The lowest BCUT2D eigenvalue weighted by atomic mass is 9.77. The largest absolute Gasteiger partial charge is 0.313 e. The summed E-state index contributed by atoms with van der Waals surface area (Å²) in [6.07, 6.45) is 6.58. The first-order valence-electron chi connectivity index (χ1n) is 8.23. The molecule has 0 radical (unpaired) electrons. The fourth-order valence-corrected chi connectivity index (χ4v) is 3.18. The van der Waals surface area contributed by atoms with Crippen molar-refractivity contribution in [1.29, 1.82) is 5.26 Å². The summed E-state index contributed by atoms with van der Waals surface area (Å²) in [6, 6.07) is 2.26. The Labute approximate surface area is 125 Å². The lowest BCUT2D eigenvalue weighted by molar-refractivity contribution is 0.206. The Kier molecular flexibility index (Phi) is 6.48. The van der Waals surface area contributed by atoms with E-state index in [9.17, 15) is 0 Å². The van der Waals surface area contributed by atoms with E-state index in [1.54, 1.807) is 0 Å². The van der Waals surface area contributed by atoms with Crippen LogP contribution in [0, 0.1) is 22.7 Å². The van der Waals surface area contributed by atoms with E-state index < -0.39 is 5.54 Å². The van der Waals surface area contributed by atoms with E-state index in [4.69, 9.17) is 11.0 Å². The SMILES string of the molecule is CCC(N)(C#N)CCCN1CCCC(C(C)(C)C)CC1. The first kappa shape index (κ1) is 17.5. The second-order valence-electron chi connectivity index (χ2n) is 7.56. The molecule has 3 heteroatoms. The van der Waals surface area contributed by atoms with Gasteiger partial charge in [-0.05, 0) is 69.5 Å². The van der Waals surface area contributed by atoms with Crippen LogP contribution in [0.1, 0.15) is 66.2 Å². The Hall–Kier alpha value is -0.590. The van der Waals surface area contributed by atoms with E-state index >= 15 is 0 Å². The maximum atomic E-state index is 9.10. The van der Waals surface area contributed by atoms with Crippen molar-refractivity contribution in [2.24, 2.45) is 17.1 Å². The van der Waals surface area contributed by atoms with Crippen LogP contribution in [0.25, 0.3) is 0 Å². The van der Waals surface area contributed by atoms with Gasteiger partial charge in [-0.3, -0.25) is 0 Å². The number of nitriles is 1. The Morgan fingerprint density at radius 2 is 1.95 bits per heavy atom. The van der Waals surface area contributed by atoms with Crippen molar-refractivity contribution < 1.29 is 0 Å². The van der Waals surface area contributed by atoms with Crippen molar-refractivity contribution in [2.75, 3.05) is 19.6 Å². The molecule has 1 aliphatic heterocycles. The lowest BCUT2D eigenvalue weighted by Gasteiger charge is -2.30. The van der Waals surface area contributed by atoms with E-state index in [1.807, 2.05) is 6.92 Å². The van der Waals surface area contributed by atoms with E-state index in [-0.39, 0.29) is 0 Å². The molecular weight excluding hydrogens is 246 g/mol. The molecule has 0 bridgehead atoms. The first-order chi connectivity index (χ1) is 9.30. The predicted molar refractivity (Wildman–Crippen MR) is 85.3 cm³/mol. The normalized spacial score (nSPS) is 24.7. The fraction of sp³-hybridized carbons (Fsp3) is 0.941. The zero-order valence-corrected chi connectivity index (χ0v) is 13.9. The molecule has 1 heterocycles. The van der Waals surface area contributed by atoms with Gasteiger partial charge in [-0.15, -0.1) is 0 Å². The number of likely N-dealkylation sites (tertiary alicyclic amines) is 1. The summed E-state index contributed by atoms with van der Waals surface area (Å²) in [5.74, 6) is 0.843. The third kappa shape index (κ3) is 5.42. The van der Waals surface area contributed by atoms with Crippen LogP contribution in [-0.4, -0.2) is 30.1 Å². The topological polar surface area (TPSA) is 53.1 Å². The molecule has 1 aliphatic rings. The molecule has 0 amide bonds. The highest BCUT2D eigenvalue weighted by atomic mass is 15.1. The Morgan fingerprint density at radius 3 is 2.50 bits per heavy atom. The molecule has 3 nitrogen and oxygen atoms in total. The summed E-state index contributed by atoms with van der Waals surface area (Å²) in [5.41, 5.74) is 5.87. The molecule has 1 rings (SSSR count). The molecule has 2 N–H and O–H groups in total. The summed E-state index contributed by atoms with van der Waals surface area (Å²) in [5, 5.41) is 9.10. The zero-order valence-electron chi connectivity index (χ0n) is 13.9. The van der Waals surface area contributed by atoms with Crippen LogP contribution >= 0.6 is 0 Å². The van der Waals surface area contributed by atoms with Crippen LogP contribution in [0.4, 0.5) is 0 Å². The van der Waals surface area contributed by atoms with Gasteiger partial charge >= 0.3 is 0 Å². The number of nitrogens with two attached hydrogens (primary N) is 1. The van der Waals surface area contributed by atoms with E-state index in [1.165, 1.54) is 32.4 Å². The van der Waals surface area contributed by atoms with Crippen LogP contribution < -0.4 is 5.73 Å². The van der Waals surface area contributed by atoms with Crippen LogP contribution in [0.15, 0.2) is 0 Å². The number of nitrogens with zero attached hydrogens (tertiary/aromatic N) is 2. The van der Waals surface area contributed by atoms with Crippen molar-refractivity contribution in [3.63, 3.8) is 0 Å². The average Bonchev–Trinajstić information content (AvgIpc) is 2.64. The van der Waals surface area contributed by atoms with Crippen molar-refractivity contribution in [2.45, 2.75) is 71.8 Å². The molecule has 0 spiro atoms. The zero-order chi connectivity index (χ0) is 15.2. The van der Waals surface area contributed by atoms with Gasteiger partial charge in [-0.2, -0.15) is 5.26 Å². The van der Waals surface area contributed by atoms with Gasteiger partial charge in [0.05, 0.1) is 6.07 Å². The van der Waals surface area contributed by atoms with Crippen LogP contribution in [-0.2, 0) is 0 Å². The summed E-state index contributed by atoms with van der Waals surface area (Å²) in [4.78, 5) is 2.57. The molecule has 0 aromatic carbocycles. The van der Waals surface area contributed by atoms with Gasteiger partial charge in [0.2, 0.25) is 0 Å². The second kappa shape index (κ2) is 7.43. The van der Waals surface area contributed by atoms with Gasteiger partial charge in [0.25, 0.3) is 0 Å². The van der Waals surface area contributed by atoms with Crippen LogP contribution in [0.3, 0.4) is 0 Å². The van der Waals surface area contributed by atoms with Crippen molar-refractivity contribution in [3.05, 3.63) is 0 Å². The minimum atomic E-state index is -0.611. The quantitative estimate of drug-likeness (QED) is 0.837. The molecule has 1 fully saturated rings. The van der Waals surface area contributed by atoms with Gasteiger partial charge in [-0.1, -0.05) is 27.7 Å². The minimum absolute atomic E-state index is 0.436. The van der Waals surface area contributed by atoms with E-state index in [0.29, 0.717) is 5.41 Å². The molecular formula is C17H33N3. The number of rotatable bonds is 5. The van der Waals surface area contributed by atoms with Crippen molar-refractivity contribution >= 4 is 0 Å². The molecule has 1 saturated heterocycles. The standard InChI is InChI=1S/C17H33N3/c1-5-17(19,14-18)10-7-12-20-11-6-8-15(9-13-20)16(2,3)4/h15H,5-13,19H2,1-4H3. The molecule has 2 unspecified atom stereocenters. The van der Waals surface area contributed by atoms with E-state index in [2.05, 4.69) is 31.7 Å². The number of hydrogen-bond acceptors (Lipinski definition) is 3. The summed E-state index contributed by atoms with van der Waals surface area (Å²) in [7, 11) is 0. The average molecular weight is 279 g/mol. The third-order valence-corrected chi connectivity index (χ3v) is 5.00. The minimum Gasteiger partial charge on any atom is -0.313 e. The maximum Gasteiger partial charge on any atom is 0.104 e. The highest BCUT2D eigenvalue weighted by Crippen LogP contribution is 2.34. The van der Waals surface area contributed by atoms with Gasteiger partial charge in [0, 0.05) is 0 Å². The molecule has 2 atom stereocenters. The lowest BCUT2D eigenvalue weighted by Crippen LogP contribution is -2.38. The number of hydrogen-bond donors (Lipinski definition) is 1. The predicted octanol–water partition coefficient (Wildman–Crippen LogP) is 3.55. The van der Waals surface area contributed by atoms with Gasteiger partial charge in [-0.25, -0.2) is 0 Å². The molecule has 0 aromatic heterocycles. The Bertz CT molecular complexity index is 326. The Balaban J connectivity index is 2.35. The molecule has 20 heavy (non-hydrogen) atoms. The highest BCUT2D eigenvalue weighted by molar-refractivity contribution is 5.03. The van der Waals surface area contributed by atoms with Crippen LogP contribution in [0.5, 0.6) is 0 Å². The molecule has 0 aromatic rings. The smallest absolute Gasteiger partial charge is 0.104 e. The summed E-state index contributed by atoms with van der Waals surface area (Å²) >= 11 is 0. The third-order valence-electron chi connectivity index (χ3n) is 5.00. The molecule has 116 valence electrons. The maximum absolute atomic E-state index is 9.10. The molecule has 0 aliphatic carbocycles. The van der Waals surface area contributed by atoms with Gasteiger partial charge < -0.3 is 10.6 Å².